The number of hydrogen-bond acceptors (Lipinski definition) is 4. The summed E-state index contributed by atoms with van der Waals surface area (Å²) in [6.45, 7) is 2.18. The average molecular weight is 282 g/mol. The topological polar surface area (TPSA) is 94.2 Å². The third-order valence-electron chi connectivity index (χ3n) is 3.51. The number of aliphatic hydroxyl groups excluding tert-OH is 1. The summed E-state index contributed by atoms with van der Waals surface area (Å²) in [6.07, 6.45) is 0.826. The van der Waals surface area contributed by atoms with E-state index in [4.69, 9.17) is 9.52 Å². The van der Waals surface area contributed by atoms with Gasteiger partial charge in [0.1, 0.15) is 11.8 Å². The van der Waals surface area contributed by atoms with E-state index in [2.05, 4.69) is 0 Å². The van der Waals surface area contributed by atoms with Crippen molar-refractivity contribution in [2.24, 2.45) is 0 Å². The molecule has 2 N–H and O–H groups in total. The van der Waals surface area contributed by atoms with Crippen LogP contribution in [0.15, 0.2) is 16.7 Å². The molecule has 0 spiro atoms. The van der Waals surface area contributed by atoms with Crippen LogP contribution in [-0.2, 0) is 11.3 Å². The van der Waals surface area contributed by atoms with Gasteiger partial charge in [-0.1, -0.05) is 0 Å². The van der Waals surface area contributed by atoms with E-state index in [-0.39, 0.29) is 13.0 Å². The van der Waals surface area contributed by atoms with Crippen molar-refractivity contribution in [1.29, 1.82) is 0 Å². The summed E-state index contributed by atoms with van der Waals surface area (Å²) < 4.78 is 5.16. The molecular formula is C13H18N2O5. The van der Waals surface area contributed by atoms with Crippen LogP contribution in [0.25, 0.3) is 0 Å². The summed E-state index contributed by atoms with van der Waals surface area (Å²) in [7, 11) is 1.60. The Morgan fingerprint density at radius 1 is 1.55 bits per heavy atom. The molecule has 1 aliphatic heterocycles. The number of carboxylic acids is 1. The second kappa shape index (κ2) is 5.54. The Balaban J connectivity index is 2.06. The molecule has 1 saturated heterocycles. The van der Waals surface area contributed by atoms with Gasteiger partial charge in [-0.15, -0.1) is 0 Å². The van der Waals surface area contributed by atoms with Crippen molar-refractivity contribution in [3.05, 3.63) is 23.7 Å². The molecule has 2 heterocycles. The van der Waals surface area contributed by atoms with Crippen LogP contribution in [0.3, 0.4) is 0 Å². The van der Waals surface area contributed by atoms with Crippen LogP contribution in [-0.4, -0.2) is 57.8 Å². The first-order valence-corrected chi connectivity index (χ1v) is 6.35. The zero-order valence-corrected chi connectivity index (χ0v) is 11.4. The molecule has 0 bridgehead atoms. The van der Waals surface area contributed by atoms with Gasteiger partial charge in [0.25, 0.3) is 0 Å². The van der Waals surface area contributed by atoms with Crippen molar-refractivity contribution >= 4 is 12.0 Å². The SMILES string of the molecule is Cc1occc1CN(C)C(=O)N1C[C@@H](O)C[C@H]1C(=O)O. The quantitative estimate of drug-likeness (QED) is 0.849. The first-order chi connectivity index (χ1) is 9.40. The summed E-state index contributed by atoms with van der Waals surface area (Å²) in [5, 5.41) is 18.7. The molecule has 7 nitrogen and oxygen atoms in total. The number of carbonyl (C=O) groups excluding carboxylic acids is 1. The van der Waals surface area contributed by atoms with Gasteiger partial charge in [-0.25, -0.2) is 9.59 Å². The zero-order chi connectivity index (χ0) is 14.9. The maximum absolute atomic E-state index is 12.3. The van der Waals surface area contributed by atoms with Gasteiger partial charge < -0.3 is 24.4 Å². The highest BCUT2D eigenvalue weighted by molar-refractivity contribution is 5.83. The number of hydrogen-bond donors (Lipinski definition) is 2. The number of rotatable bonds is 3. The van der Waals surface area contributed by atoms with Crippen LogP contribution in [0.2, 0.25) is 0 Å². The van der Waals surface area contributed by atoms with Crippen molar-refractivity contribution in [3.8, 4) is 0 Å². The molecule has 0 radical (unpaired) electrons. The molecule has 1 aliphatic rings. The number of likely N-dealkylation sites (tertiary alicyclic amines) is 1. The molecule has 0 aromatic carbocycles. The smallest absolute Gasteiger partial charge is 0.326 e. The molecule has 0 saturated carbocycles. The van der Waals surface area contributed by atoms with Crippen LogP contribution in [0.5, 0.6) is 0 Å². The first-order valence-electron chi connectivity index (χ1n) is 6.35. The van der Waals surface area contributed by atoms with Gasteiger partial charge in [-0.05, 0) is 13.0 Å². The minimum atomic E-state index is -1.09. The molecule has 1 fully saturated rings. The summed E-state index contributed by atoms with van der Waals surface area (Å²) in [5.41, 5.74) is 0.868. The lowest BCUT2D eigenvalue weighted by molar-refractivity contribution is -0.141. The number of β-amino-alcohol motifs (C(OH)–C–C–N with tert-alkyl or cyclic N) is 1. The minimum Gasteiger partial charge on any atom is -0.480 e. The number of nitrogens with zero attached hydrogens (tertiary/aromatic N) is 2. The van der Waals surface area contributed by atoms with E-state index in [0.717, 1.165) is 11.3 Å². The number of aliphatic carboxylic acids is 1. The number of carboxylic acid groups (broad SMARTS) is 1. The second-order valence-corrected chi connectivity index (χ2v) is 5.04. The van der Waals surface area contributed by atoms with Gasteiger partial charge >= 0.3 is 12.0 Å². The normalized spacial score (nSPS) is 22.1. The molecule has 1 aromatic rings. The highest BCUT2D eigenvalue weighted by atomic mass is 16.4. The fourth-order valence-electron chi connectivity index (χ4n) is 2.38. The van der Waals surface area contributed by atoms with Crippen molar-refractivity contribution < 1.29 is 24.2 Å². The lowest BCUT2D eigenvalue weighted by atomic mass is 10.2. The molecule has 7 heteroatoms. The monoisotopic (exact) mass is 282 g/mol. The number of carbonyl (C=O) groups is 2. The average Bonchev–Trinajstić information content (AvgIpc) is 2.95. The summed E-state index contributed by atoms with van der Waals surface area (Å²) in [6, 6.07) is 0.395. The molecule has 2 atom stereocenters. The second-order valence-electron chi connectivity index (χ2n) is 5.04. The Morgan fingerprint density at radius 3 is 2.80 bits per heavy atom. The number of aryl methyl sites for hydroxylation is 1. The lowest BCUT2D eigenvalue weighted by Crippen LogP contribution is -2.46. The lowest BCUT2D eigenvalue weighted by Gasteiger charge is -2.27. The Bertz CT molecular complexity index is 513. The number of furan rings is 1. The number of amides is 2. The standard InChI is InChI=1S/C13H18N2O5/c1-8-9(3-4-20-8)6-14(2)13(19)15-7-10(16)5-11(15)12(17)18/h3-4,10-11,16H,5-7H2,1-2H3,(H,17,18)/t10-,11-/m0/s1. The Morgan fingerprint density at radius 2 is 2.25 bits per heavy atom. The van der Waals surface area contributed by atoms with E-state index in [0.29, 0.717) is 6.54 Å². The van der Waals surface area contributed by atoms with Crippen LogP contribution in [0.1, 0.15) is 17.7 Å². The zero-order valence-electron chi connectivity index (χ0n) is 11.4. The van der Waals surface area contributed by atoms with Crippen LogP contribution in [0.4, 0.5) is 4.79 Å². The van der Waals surface area contributed by atoms with Gasteiger partial charge in [-0.2, -0.15) is 0 Å². The molecule has 20 heavy (non-hydrogen) atoms. The highest BCUT2D eigenvalue weighted by Gasteiger charge is 2.40. The van der Waals surface area contributed by atoms with Gasteiger partial charge in [0.2, 0.25) is 0 Å². The van der Waals surface area contributed by atoms with Gasteiger partial charge in [0, 0.05) is 25.6 Å². The third-order valence-corrected chi connectivity index (χ3v) is 3.51. The largest absolute Gasteiger partial charge is 0.480 e. The third kappa shape index (κ3) is 2.77. The van der Waals surface area contributed by atoms with Crippen molar-refractivity contribution in [2.75, 3.05) is 13.6 Å². The molecule has 0 aliphatic carbocycles. The Labute approximate surface area is 116 Å². The minimum absolute atomic E-state index is 0.0461. The predicted octanol–water partition coefficient (Wildman–Crippen LogP) is 0.660. The van der Waals surface area contributed by atoms with Crippen LogP contribution >= 0.6 is 0 Å². The summed E-state index contributed by atoms with van der Waals surface area (Å²) in [5.74, 6) is -0.372. The fourth-order valence-corrected chi connectivity index (χ4v) is 2.38. The first kappa shape index (κ1) is 14.4. The fraction of sp³-hybridized carbons (Fsp3) is 0.538. The van der Waals surface area contributed by atoms with E-state index >= 15 is 0 Å². The maximum atomic E-state index is 12.3. The molecule has 1 aromatic heterocycles. The van der Waals surface area contributed by atoms with Crippen LogP contribution < -0.4 is 0 Å². The van der Waals surface area contributed by atoms with E-state index < -0.39 is 24.1 Å². The predicted molar refractivity (Wildman–Crippen MR) is 69.1 cm³/mol. The maximum Gasteiger partial charge on any atom is 0.326 e. The molecule has 110 valence electrons. The summed E-state index contributed by atoms with van der Waals surface area (Å²) in [4.78, 5) is 26.0. The van der Waals surface area contributed by atoms with E-state index in [9.17, 15) is 14.7 Å². The van der Waals surface area contributed by atoms with E-state index in [1.54, 1.807) is 26.3 Å². The Hall–Kier alpha value is -2.02. The summed E-state index contributed by atoms with van der Waals surface area (Å²) >= 11 is 0. The molecule has 2 amide bonds. The molecule has 0 unspecified atom stereocenters. The van der Waals surface area contributed by atoms with Crippen molar-refractivity contribution in [3.63, 3.8) is 0 Å². The van der Waals surface area contributed by atoms with Gasteiger partial charge in [-0.3, -0.25) is 0 Å². The highest BCUT2D eigenvalue weighted by Crippen LogP contribution is 2.21. The van der Waals surface area contributed by atoms with Crippen molar-refractivity contribution in [1.82, 2.24) is 9.80 Å². The van der Waals surface area contributed by atoms with Gasteiger partial charge in [0.15, 0.2) is 0 Å². The number of urea groups is 1. The number of aliphatic hydroxyl groups is 1. The van der Waals surface area contributed by atoms with E-state index in [1.807, 2.05) is 0 Å². The Kier molecular flexibility index (Phi) is 3.99. The molecule has 2 rings (SSSR count). The molecular weight excluding hydrogens is 264 g/mol. The van der Waals surface area contributed by atoms with Gasteiger partial charge in [0.05, 0.1) is 18.9 Å². The van der Waals surface area contributed by atoms with Crippen LogP contribution in [0, 0.1) is 6.92 Å². The van der Waals surface area contributed by atoms with E-state index in [1.165, 1.54) is 9.80 Å². The van der Waals surface area contributed by atoms with Crippen molar-refractivity contribution in [2.45, 2.75) is 32.0 Å².